The number of benzene rings is 2. The molecule has 18 heavy (non-hydrogen) atoms. The zero-order valence-corrected chi connectivity index (χ0v) is 10.5. The van der Waals surface area contributed by atoms with Crippen LogP contribution in [-0.4, -0.2) is 19.2 Å². The van der Waals surface area contributed by atoms with Gasteiger partial charge in [0.15, 0.2) is 0 Å². The van der Waals surface area contributed by atoms with E-state index >= 15 is 0 Å². The molecule has 0 aliphatic rings. The molecule has 0 saturated heterocycles. The van der Waals surface area contributed by atoms with Crippen LogP contribution in [0.4, 0.5) is 0 Å². The molecule has 0 heterocycles. The van der Waals surface area contributed by atoms with Gasteiger partial charge in [-0.05, 0) is 29.8 Å². The van der Waals surface area contributed by atoms with Crippen molar-refractivity contribution in [1.82, 2.24) is 5.32 Å². The third-order valence-corrected chi connectivity index (χ3v) is 2.72. The van der Waals surface area contributed by atoms with Crippen molar-refractivity contribution in [3.63, 3.8) is 0 Å². The fourth-order valence-electron chi connectivity index (χ4n) is 1.86. The normalized spacial score (nSPS) is 12.0. The van der Waals surface area contributed by atoms with E-state index in [1.54, 1.807) is 0 Å². The van der Waals surface area contributed by atoms with Crippen molar-refractivity contribution in [3.05, 3.63) is 42.5 Å². The first-order valence-corrected chi connectivity index (χ1v) is 6.09. The van der Waals surface area contributed by atoms with E-state index in [4.69, 9.17) is 11.2 Å². The van der Waals surface area contributed by atoms with Gasteiger partial charge in [-0.15, -0.1) is 6.42 Å². The maximum absolute atomic E-state index is 5.84. The molecule has 1 atom stereocenters. The summed E-state index contributed by atoms with van der Waals surface area (Å²) in [5.74, 6) is 3.44. The van der Waals surface area contributed by atoms with Crippen molar-refractivity contribution in [2.45, 2.75) is 13.0 Å². The number of rotatable bonds is 5. The Morgan fingerprint density at radius 1 is 1.22 bits per heavy atom. The smallest absolute Gasteiger partial charge is 0.120 e. The van der Waals surface area contributed by atoms with Crippen LogP contribution in [0.3, 0.4) is 0 Å². The van der Waals surface area contributed by atoms with Crippen molar-refractivity contribution in [1.29, 1.82) is 0 Å². The number of fused-ring (bicyclic) bond motifs is 1. The molecule has 2 nitrogen and oxygen atoms in total. The summed E-state index contributed by atoms with van der Waals surface area (Å²) in [5, 5.41) is 5.55. The second-order valence-electron chi connectivity index (χ2n) is 4.27. The minimum absolute atomic E-state index is 0.0968. The SMILES string of the molecule is C#CCNCC(C)Oc1ccc2ccccc2c1. The average Bonchev–Trinajstić information content (AvgIpc) is 2.39. The van der Waals surface area contributed by atoms with Crippen LogP contribution >= 0.6 is 0 Å². The van der Waals surface area contributed by atoms with E-state index in [9.17, 15) is 0 Å². The second kappa shape index (κ2) is 6.09. The average molecular weight is 239 g/mol. The Kier molecular flexibility index (Phi) is 4.22. The van der Waals surface area contributed by atoms with Gasteiger partial charge in [0.2, 0.25) is 0 Å². The Bertz CT molecular complexity index is 556. The molecule has 0 radical (unpaired) electrons. The maximum Gasteiger partial charge on any atom is 0.120 e. The molecule has 2 aromatic rings. The molecule has 0 fully saturated rings. The van der Waals surface area contributed by atoms with Crippen molar-refractivity contribution in [3.8, 4) is 18.1 Å². The van der Waals surface area contributed by atoms with E-state index in [1.807, 2.05) is 25.1 Å². The van der Waals surface area contributed by atoms with Crippen molar-refractivity contribution in [2.24, 2.45) is 0 Å². The van der Waals surface area contributed by atoms with Crippen molar-refractivity contribution in [2.75, 3.05) is 13.1 Å². The first-order chi connectivity index (χ1) is 8.79. The highest BCUT2D eigenvalue weighted by atomic mass is 16.5. The predicted octanol–water partition coefficient (Wildman–Crippen LogP) is 2.83. The molecule has 0 saturated carbocycles. The first kappa shape index (κ1) is 12.5. The lowest BCUT2D eigenvalue weighted by atomic mass is 10.1. The van der Waals surface area contributed by atoms with E-state index in [1.165, 1.54) is 10.8 Å². The van der Waals surface area contributed by atoms with E-state index in [2.05, 4.69) is 35.5 Å². The number of ether oxygens (including phenoxy) is 1. The van der Waals surface area contributed by atoms with Gasteiger partial charge in [-0.2, -0.15) is 0 Å². The highest BCUT2D eigenvalue weighted by Gasteiger charge is 2.03. The summed E-state index contributed by atoms with van der Waals surface area (Å²) < 4.78 is 5.84. The highest BCUT2D eigenvalue weighted by Crippen LogP contribution is 2.21. The number of terminal acetylenes is 1. The summed E-state index contributed by atoms with van der Waals surface area (Å²) in [6.45, 7) is 3.35. The van der Waals surface area contributed by atoms with Crippen LogP contribution in [0.25, 0.3) is 10.8 Å². The van der Waals surface area contributed by atoms with E-state index in [0.717, 1.165) is 12.3 Å². The summed E-state index contributed by atoms with van der Waals surface area (Å²) >= 11 is 0. The molecule has 0 aliphatic heterocycles. The van der Waals surface area contributed by atoms with E-state index in [-0.39, 0.29) is 6.10 Å². The quantitative estimate of drug-likeness (QED) is 0.640. The third kappa shape index (κ3) is 3.26. The molecule has 0 bridgehead atoms. The molecule has 2 heteroatoms. The van der Waals surface area contributed by atoms with E-state index < -0.39 is 0 Å². The highest BCUT2D eigenvalue weighted by molar-refractivity contribution is 5.83. The number of nitrogens with one attached hydrogen (secondary N) is 1. The molecule has 2 rings (SSSR count). The van der Waals surface area contributed by atoms with Crippen LogP contribution in [-0.2, 0) is 0 Å². The van der Waals surface area contributed by atoms with Crippen molar-refractivity contribution >= 4 is 10.8 Å². The molecule has 0 aromatic heterocycles. The Morgan fingerprint density at radius 3 is 2.78 bits per heavy atom. The van der Waals surface area contributed by atoms with Gasteiger partial charge in [-0.25, -0.2) is 0 Å². The Labute approximate surface area is 108 Å². The van der Waals surface area contributed by atoms with Gasteiger partial charge < -0.3 is 10.1 Å². The molecule has 1 N–H and O–H groups in total. The molecular weight excluding hydrogens is 222 g/mol. The van der Waals surface area contributed by atoms with Crippen LogP contribution in [0, 0.1) is 12.3 Å². The summed E-state index contributed by atoms with van der Waals surface area (Å²) in [6.07, 6.45) is 5.27. The predicted molar refractivity (Wildman–Crippen MR) is 75.7 cm³/mol. The van der Waals surface area contributed by atoms with Crippen LogP contribution in [0.2, 0.25) is 0 Å². The first-order valence-electron chi connectivity index (χ1n) is 6.09. The maximum atomic E-state index is 5.84. The molecule has 0 amide bonds. The molecule has 0 spiro atoms. The summed E-state index contributed by atoms with van der Waals surface area (Å²) in [4.78, 5) is 0. The lowest BCUT2D eigenvalue weighted by Crippen LogP contribution is -2.29. The number of hydrogen-bond acceptors (Lipinski definition) is 2. The van der Waals surface area contributed by atoms with Gasteiger partial charge in [0.1, 0.15) is 11.9 Å². The van der Waals surface area contributed by atoms with Gasteiger partial charge >= 0.3 is 0 Å². The van der Waals surface area contributed by atoms with Crippen molar-refractivity contribution < 1.29 is 4.74 Å². The fraction of sp³-hybridized carbons (Fsp3) is 0.250. The number of hydrogen-bond donors (Lipinski definition) is 1. The molecule has 2 aromatic carbocycles. The largest absolute Gasteiger partial charge is 0.489 e. The molecule has 0 aliphatic carbocycles. The fourth-order valence-corrected chi connectivity index (χ4v) is 1.86. The molecule has 92 valence electrons. The van der Waals surface area contributed by atoms with Crippen LogP contribution in [0.15, 0.2) is 42.5 Å². The monoisotopic (exact) mass is 239 g/mol. The lowest BCUT2D eigenvalue weighted by molar-refractivity contribution is 0.219. The van der Waals surface area contributed by atoms with E-state index in [0.29, 0.717) is 6.54 Å². The van der Waals surface area contributed by atoms with Gasteiger partial charge in [0.25, 0.3) is 0 Å². The second-order valence-corrected chi connectivity index (χ2v) is 4.27. The van der Waals surface area contributed by atoms with Crippen LogP contribution in [0.5, 0.6) is 5.75 Å². The standard InChI is InChI=1S/C16H17NO/c1-3-10-17-12-13(2)18-16-9-8-14-6-4-5-7-15(14)11-16/h1,4-9,11,13,17H,10,12H2,2H3. The Balaban J connectivity index is 2.01. The minimum Gasteiger partial charge on any atom is -0.489 e. The van der Waals surface area contributed by atoms with Crippen LogP contribution in [0.1, 0.15) is 6.92 Å². The van der Waals surface area contributed by atoms with Gasteiger partial charge in [-0.1, -0.05) is 36.3 Å². The zero-order valence-electron chi connectivity index (χ0n) is 10.5. The molecular formula is C16H17NO. The summed E-state index contributed by atoms with van der Waals surface area (Å²) in [6, 6.07) is 14.4. The van der Waals surface area contributed by atoms with Gasteiger partial charge in [-0.3, -0.25) is 0 Å². The zero-order chi connectivity index (χ0) is 12.8. The topological polar surface area (TPSA) is 21.3 Å². The summed E-state index contributed by atoms with van der Waals surface area (Å²) in [7, 11) is 0. The minimum atomic E-state index is 0.0968. The van der Waals surface area contributed by atoms with Gasteiger partial charge in [0.05, 0.1) is 6.54 Å². The lowest BCUT2D eigenvalue weighted by Gasteiger charge is -2.15. The summed E-state index contributed by atoms with van der Waals surface area (Å²) in [5.41, 5.74) is 0. The Morgan fingerprint density at radius 2 is 2.00 bits per heavy atom. The molecule has 1 unspecified atom stereocenters. The van der Waals surface area contributed by atoms with Crippen LogP contribution < -0.4 is 10.1 Å². The third-order valence-electron chi connectivity index (χ3n) is 2.72. The van der Waals surface area contributed by atoms with Gasteiger partial charge in [0, 0.05) is 6.54 Å². The Hall–Kier alpha value is -1.98.